The van der Waals surface area contributed by atoms with E-state index >= 15 is 0 Å². The topological polar surface area (TPSA) is 12.9 Å². The molecule has 0 saturated heterocycles. The monoisotopic (exact) mass is 223 g/mol. The molecular formula is C11H10ClNS. The van der Waals surface area contributed by atoms with Crippen LogP contribution >= 0.6 is 22.9 Å². The fourth-order valence-corrected chi connectivity index (χ4v) is 2.45. The molecule has 0 aliphatic rings. The maximum absolute atomic E-state index is 6.28. The average Bonchev–Trinajstić information content (AvgIpc) is 2.72. The van der Waals surface area contributed by atoms with Crippen LogP contribution < -0.4 is 0 Å². The van der Waals surface area contributed by atoms with Gasteiger partial charge in [0.1, 0.15) is 0 Å². The molecule has 14 heavy (non-hydrogen) atoms. The molecule has 72 valence electrons. The normalized spacial score (nSPS) is 12.6. The van der Waals surface area contributed by atoms with Crippen molar-refractivity contribution in [2.45, 2.75) is 11.8 Å². The molecule has 0 aromatic carbocycles. The van der Waals surface area contributed by atoms with Gasteiger partial charge in [-0.05, 0) is 29.1 Å². The first-order valence-electron chi connectivity index (χ1n) is 4.42. The van der Waals surface area contributed by atoms with E-state index in [1.54, 1.807) is 23.7 Å². The number of hydrogen-bond donors (Lipinski definition) is 0. The lowest BCUT2D eigenvalue weighted by atomic mass is 10.1. The number of hydrogen-bond acceptors (Lipinski definition) is 2. The first kappa shape index (κ1) is 9.69. The van der Waals surface area contributed by atoms with Gasteiger partial charge in [0.2, 0.25) is 0 Å². The van der Waals surface area contributed by atoms with E-state index in [2.05, 4.69) is 22.5 Å². The summed E-state index contributed by atoms with van der Waals surface area (Å²) < 4.78 is 0. The highest BCUT2D eigenvalue weighted by molar-refractivity contribution is 7.09. The van der Waals surface area contributed by atoms with Crippen LogP contribution in [-0.4, -0.2) is 4.98 Å². The summed E-state index contributed by atoms with van der Waals surface area (Å²) in [5.41, 5.74) is 1.13. The Bertz CT molecular complexity index is 371. The number of pyridine rings is 1. The van der Waals surface area contributed by atoms with E-state index in [1.807, 2.05) is 12.1 Å². The van der Waals surface area contributed by atoms with E-state index in [1.165, 1.54) is 4.88 Å². The molecule has 0 saturated carbocycles. The van der Waals surface area contributed by atoms with Gasteiger partial charge >= 0.3 is 0 Å². The van der Waals surface area contributed by atoms with Crippen LogP contribution in [0.15, 0.2) is 42.0 Å². The van der Waals surface area contributed by atoms with Crippen molar-refractivity contribution in [3.63, 3.8) is 0 Å². The highest BCUT2D eigenvalue weighted by atomic mass is 35.5. The third-order valence-electron chi connectivity index (χ3n) is 2.03. The number of alkyl halides is 1. The third-order valence-corrected chi connectivity index (χ3v) is 3.33. The molecule has 0 radical (unpaired) electrons. The first-order chi connectivity index (χ1) is 6.86. The van der Waals surface area contributed by atoms with Crippen LogP contribution in [0.3, 0.4) is 0 Å². The SMILES string of the molecule is ClC(Cc1cccs1)c1ccncc1. The van der Waals surface area contributed by atoms with Crippen molar-refractivity contribution in [3.05, 3.63) is 52.5 Å². The molecule has 0 aliphatic carbocycles. The van der Waals surface area contributed by atoms with E-state index in [9.17, 15) is 0 Å². The van der Waals surface area contributed by atoms with Crippen LogP contribution in [0.2, 0.25) is 0 Å². The van der Waals surface area contributed by atoms with Crippen LogP contribution in [0.5, 0.6) is 0 Å². The molecule has 0 N–H and O–H groups in total. The predicted octanol–water partition coefficient (Wildman–Crippen LogP) is 3.67. The summed E-state index contributed by atoms with van der Waals surface area (Å²) in [6, 6.07) is 8.09. The lowest BCUT2D eigenvalue weighted by Gasteiger charge is -2.07. The zero-order chi connectivity index (χ0) is 9.80. The summed E-state index contributed by atoms with van der Waals surface area (Å²) in [5, 5.41) is 2.13. The van der Waals surface area contributed by atoms with Crippen LogP contribution in [0, 0.1) is 0 Å². The Balaban J connectivity index is 2.07. The summed E-state index contributed by atoms with van der Waals surface area (Å²) in [4.78, 5) is 5.29. The Morgan fingerprint density at radius 1 is 1.29 bits per heavy atom. The second-order valence-electron chi connectivity index (χ2n) is 3.03. The largest absolute Gasteiger partial charge is 0.265 e. The van der Waals surface area contributed by atoms with Gasteiger partial charge in [-0.1, -0.05) is 6.07 Å². The maximum Gasteiger partial charge on any atom is 0.0634 e. The van der Waals surface area contributed by atoms with Gasteiger partial charge < -0.3 is 0 Å². The van der Waals surface area contributed by atoms with Crippen LogP contribution in [0.4, 0.5) is 0 Å². The van der Waals surface area contributed by atoms with Gasteiger partial charge in [0.15, 0.2) is 0 Å². The van der Waals surface area contributed by atoms with E-state index in [0.717, 1.165) is 12.0 Å². The van der Waals surface area contributed by atoms with Gasteiger partial charge in [-0.25, -0.2) is 0 Å². The second kappa shape index (κ2) is 4.58. The smallest absolute Gasteiger partial charge is 0.0634 e. The highest BCUT2D eigenvalue weighted by Gasteiger charge is 2.08. The number of halogens is 1. The van der Waals surface area contributed by atoms with Gasteiger partial charge in [-0.3, -0.25) is 4.98 Å². The molecule has 3 heteroatoms. The fourth-order valence-electron chi connectivity index (χ4n) is 1.30. The van der Waals surface area contributed by atoms with Crippen LogP contribution in [0.1, 0.15) is 15.8 Å². The Hall–Kier alpha value is -0.860. The Labute approximate surface area is 92.4 Å². The van der Waals surface area contributed by atoms with Crippen molar-refractivity contribution in [2.24, 2.45) is 0 Å². The molecule has 0 spiro atoms. The third kappa shape index (κ3) is 2.34. The minimum Gasteiger partial charge on any atom is -0.265 e. The van der Waals surface area contributed by atoms with Crippen molar-refractivity contribution < 1.29 is 0 Å². The molecule has 2 aromatic heterocycles. The van der Waals surface area contributed by atoms with Crippen LogP contribution in [0.25, 0.3) is 0 Å². The zero-order valence-corrected chi connectivity index (χ0v) is 9.13. The number of rotatable bonds is 3. The average molecular weight is 224 g/mol. The summed E-state index contributed by atoms with van der Waals surface area (Å²) in [6.07, 6.45) is 4.45. The summed E-state index contributed by atoms with van der Waals surface area (Å²) >= 11 is 8.02. The molecule has 0 bridgehead atoms. The van der Waals surface area contributed by atoms with Gasteiger partial charge in [-0.2, -0.15) is 0 Å². The van der Waals surface area contributed by atoms with E-state index < -0.39 is 0 Å². The van der Waals surface area contributed by atoms with Crippen LogP contribution in [-0.2, 0) is 6.42 Å². The molecule has 0 aliphatic heterocycles. The molecule has 1 atom stereocenters. The molecule has 1 nitrogen and oxygen atoms in total. The van der Waals surface area contributed by atoms with Gasteiger partial charge in [0.05, 0.1) is 5.38 Å². The quantitative estimate of drug-likeness (QED) is 0.724. The van der Waals surface area contributed by atoms with Crippen molar-refractivity contribution in [3.8, 4) is 0 Å². The summed E-state index contributed by atoms with van der Waals surface area (Å²) in [7, 11) is 0. The molecule has 2 aromatic rings. The zero-order valence-electron chi connectivity index (χ0n) is 7.56. The minimum atomic E-state index is 0.0525. The van der Waals surface area contributed by atoms with E-state index in [0.29, 0.717) is 0 Å². The number of thiophene rings is 1. The molecule has 0 amide bonds. The van der Waals surface area contributed by atoms with Crippen molar-refractivity contribution in [2.75, 3.05) is 0 Å². The second-order valence-corrected chi connectivity index (χ2v) is 4.59. The molecule has 2 heterocycles. The van der Waals surface area contributed by atoms with E-state index in [4.69, 9.17) is 11.6 Å². The van der Waals surface area contributed by atoms with Crippen molar-refractivity contribution in [1.82, 2.24) is 4.98 Å². The molecule has 2 rings (SSSR count). The maximum atomic E-state index is 6.28. The predicted molar refractivity (Wildman–Crippen MR) is 60.9 cm³/mol. The Morgan fingerprint density at radius 2 is 2.07 bits per heavy atom. The minimum absolute atomic E-state index is 0.0525. The van der Waals surface area contributed by atoms with Gasteiger partial charge in [0, 0.05) is 23.7 Å². The lowest BCUT2D eigenvalue weighted by Crippen LogP contribution is -1.93. The number of aromatic nitrogens is 1. The summed E-state index contributed by atoms with van der Waals surface area (Å²) in [6.45, 7) is 0. The summed E-state index contributed by atoms with van der Waals surface area (Å²) in [5.74, 6) is 0. The molecule has 0 fully saturated rings. The van der Waals surface area contributed by atoms with E-state index in [-0.39, 0.29) is 5.38 Å². The number of nitrogens with zero attached hydrogens (tertiary/aromatic N) is 1. The first-order valence-corrected chi connectivity index (χ1v) is 5.74. The lowest BCUT2D eigenvalue weighted by molar-refractivity contribution is 0.933. The fraction of sp³-hybridized carbons (Fsp3) is 0.182. The van der Waals surface area contributed by atoms with Crippen molar-refractivity contribution >= 4 is 22.9 Å². The molecular weight excluding hydrogens is 214 g/mol. The van der Waals surface area contributed by atoms with Gasteiger partial charge in [-0.15, -0.1) is 22.9 Å². The Morgan fingerprint density at radius 3 is 2.71 bits per heavy atom. The molecule has 1 unspecified atom stereocenters. The Kier molecular flexibility index (Phi) is 3.17. The van der Waals surface area contributed by atoms with Crippen molar-refractivity contribution in [1.29, 1.82) is 0 Å². The standard InChI is InChI=1S/C11H10ClNS/c12-11(8-10-2-1-7-14-10)9-3-5-13-6-4-9/h1-7,11H,8H2. The highest BCUT2D eigenvalue weighted by Crippen LogP contribution is 2.26. The van der Waals surface area contributed by atoms with Gasteiger partial charge in [0.25, 0.3) is 0 Å².